The number of nitrogens with two attached hydrogens (primary N) is 2. The number of rotatable bonds is 8. The Balaban J connectivity index is 1.44. The second kappa shape index (κ2) is 9.36. The SMILES string of the molecule is NC(=O)c1n[nH]c(SCC2=C(C(=O)O)N3C(=O)C(NC(=O)C(N)c4ccc(O)cc4)[C@@H]3SC2)n1. The number of nitrogens with zero attached hydrogens (tertiary/aromatic N) is 3. The van der Waals surface area contributed by atoms with E-state index in [0.29, 0.717) is 16.9 Å². The van der Waals surface area contributed by atoms with Crippen molar-refractivity contribution >= 4 is 47.2 Å². The Hall–Kier alpha value is -3.56. The van der Waals surface area contributed by atoms with Gasteiger partial charge in [-0.3, -0.25) is 24.4 Å². The first-order valence-corrected chi connectivity index (χ1v) is 11.8. The lowest BCUT2D eigenvalue weighted by Gasteiger charge is -2.49. The fraction of sp³-hybridized carbons (Fsp3) is 0.263. The molecule has 0 bridgehead atoms. The van der Waals surface area contributed by atoms with E-state index in [1.165, 1.54) is 36.0 Å². The van der Waals surface area contributed by atoms with Crippen LogP contribution < -0.4 is 16.8 Å². The normalized spacial score (nSPS) is 20.4. The number of aromatic hydroxyl groups is 1. The zero-order valence-corrected chi connectivity index (χ0v) is 18.9. The lowest BCUT2D eigenvalue weighted by atomic mass is 10.0. The molecule has 178 valence electrons. The van der Waals surface area contributed by atoms with Crippen LogP contribution in [0.4, 0.5) is 0 Å². The van der Waals surface area contributed by atoms with Gasteiger partial charge in [0.25, 0.3) is 11.8 Å². The molecule has 1 aromatic heterocycles. The zero-order valence-electron chi connectivity index (χ0n) is 17.3. The summed E-state index contributed by atoms with van der Waals surface area (Å²) in [7, 11) is 0. The number of fused-ring (bicyclic) bond motifs is 1. The van der Waals surface area contributed by atoms with Crippen molar-refractivity contribution in [1.29, 1.82) is 0 Å². The first-order chi connectivity index (χ1) is 16.2. The molecule has 0 radical (unpaired) electrons. The van der Waals surface area contributed by atoms with Gasteiger partial charge < -0.3 is 27.0 Å². The number of primary amides is 1. The third-order valence-electron chi connectivity index (χ3n) is 5.15. The molecule has 13 nitrogen and oxygen atoms in total. The molecule has 34 heavy (non-hydrogen) atoms. The van der Waals surface area contributed by atoms with Gasteiger partial charge in [0, 0.05) is 11.5 Å². The zero-order chi connectivity index (χ0) is 24.6. The van der Waals surface area contributed by atoms with Crippen molar-refractivity contribution in [3.05, 3.63) is 46.9 Å². The van der Waals surface area contributed by atoms with Crippen molar-refractivity contribution in [2.75, 3.05) is 11.5 Å². The van der Waals surface area contributed by atoms with E-state index >= 15 is 0 Å². The van der Waals surface area contributed by atoms with Crippen LogP contribution in [0.15, 0.2) is 40.7 Å². The quantitative estimate of drug-likeness (QED) is 0.191. The van der Waals surface area contributed by atoms with Gasteiger partial charge >= 0.3 is 5.97 Å². The molecule has 2 aliphatic heterocycles. The first-order valence-electron chi connectivity index (χ1n) is 9.77. The summed E-state index contributed by atoms with van der Waals surface area (Å²) in [4.78, 5) is 53.5. The van der Waals surface area contributed by atoms with Gasteiger partial charge in [-0.1, -0.05) is 23.9 Å². The Labute approximate surface area is 200 Å². The van der Waals surface area contributed by atoms with Gasteiger partial charge in [-0.05, 0) is 23.3 Å². The molecule has 3 amide bonds. The number of β-lactam (4-membered cyclic amide) rings is 1. The number of thioether (sulfide) groups is 2. The molecule has 0 aliphatic carbocycles. The smallest absolute Gasteiger partial charge is 0.352 e. The minimum absolute atomic E-state index is 0.0263. The Kier molecular flexibility index (Phi) is 6.49. The fourth-order valence-corrected chi connectivity index (χ4v) is 5.73. The van der Waals surface area contributed by atoms with Crippen LogP contribution >= 0.6 is 23.5 Å². The van der Waals surface area contributed by atoms with Gasteiger partial charge in [0.2, 0.25) is 11.7 Å². The molecule has 0 spiro atoms. The van der Waals surface area contributed by atoms with Gasteiger partial charge in [0.15, 0.2) is 5.16 Å². The Morgan fingerprint density at radius 3 is 2.65 bits per heavy atom. The average Bonchev–Trinajstić information content (AvgIpc) is 3.29. The summed E-state index contributed by atoms with van der Waals surface area (Å²) in [5, 5.41) is 27.6. The number of hydrogen-bond acceptors (Lipinski definition) is 10. The Bertz CT molecular complexity index is 1200. The van der Waals surface area contributed by atoms with E-state index in [4.69, 9.17) is 11.5 Å². The first kappa shape index (κ1) is 23.6. The molecule has 4 rings (SSSR count). The van der Waals surface area contributed by atoms with E-state index in [1.54, 1.807) is 0 Å². The molecule has 0 saturated carbocycles. The topological polar surface area (TPSA) is 218 Å². The maximum absolute atomic E-state index is 12.8. The van der Waals surface area contributed by atoms with Gasteiger partial charge in [0.05, 0.1) is 0 Å². The van der Waals surface area contributed by atoms with Crippen LogP contribution in [-0.2, 0) is 14.4 Å². The van der Waals surface area contributed by atoms with Crippen LogP contribution in [-0.4, -0.2) is 76.9 Å². The number of amides is 3. The number of aromatic nitrogens is 3. The molecule has 8 N–H and O–H groups in total. The van der Waals surface area contributed by atoms with Crippen molar-refractivity contribution in [3.8, 4) is 5.75 Å². The number of H-pyrrole nitrogens is 1. The summed E-state index contributed by atoms with van der Waals surface area (Å²) in [5.41, 5.74) is 11.9. The molecule has 3 atom stereocenters. The lowest BCUT2D eigenvalue weighted by Crippen LogP contribution is -2.71. The summed E-state index contributed by atoms with van der Waals surface area (Å²) in [6.45, 7) is 0. The molecule has 15 heteroatoms. The average molecular weight is 506 g/mol. The van der Waals surface area contributed by atoms with E-state index in [-0.39, 0.29) is 28.2 Å². The maximum Gasteiger partial charge on any atom is 0.352 e. The number of phenols is 1. The molecule has 1 saturated heterocycles. The number of carboxylic acids is 1. The maximum atomic E-state index is 12.8. The number of benzene rings is 1. The highest BCUT2D eigenvalue weighted by molar-refractivity contribution is 8.01. The van der Waals surface area contributed by atoms with Crippen LogP contribution in [0, 0.1) is 0 Å². The minimum atomic E-state index is -1.27. The Morgan fingerprint density at radius 1 is 1.32 bits per heavy atom. The molecule has 1 aromatic carbocycles. The van der Waals surface area contributed by atoms with Crippen LogP contribution in [0.2, 0.25) is 0 Å². The van der Waals surface area contributed by atoms with Crippen molar-refractivity contribution in [2.45, 2.75) is 22.6 Å². The second-order valence-electron chi connectivity index (χ2n) is 7.34. The number of nitrogens with one attached hydrogen (secondary N) is 2. The van der Waals surface area contributed by atoms with Crippen molar-refractivity contribution in [2.24, 2.45) is 11.5 Å². The molecule has 1 fully saturated rings. The van der Waals surface area contributed by atoms with Crippen LogP contribution in [0.25, 0.3) is 0 Å². The molecular weight excluding hydrogens is 486 g/mol. The predicted octanol–water partition coefficient (Wildman–Crippen LogP) is -0.860. The standard InChI is InChI=1S/C19H19N7O6S2/c20-10(7-1-3-9(27)4-2-7)15(29)22-11-16(30)26-12(18(31)32)8(5-33-17(11)26)6-34-19-23-14(13(21)28)24-25-19/h1-4,10-11,17,27H,5-6,20H2,(H2,21,28)(H,22,29)(H,31,32)(H,23,24,25)/t10?,11?,17-/m0/s1. The second-order valence-corrected chi connectivity index (χ2v) is 9.41. The molecule has 2 aliphatic rings. The molecular formula is C19H19N7O6S2. The van der Waals surface area contributed by atoms with E-state index in [0.717, 1.165) is 16.7 Å². The van der Waals surface area contributed by atoms with Crippen LogP contribution in [0.1, 0.15) is 22.2 Å². The largest absolute Gasteiger partial charge is 0.508 e. The van der Waals surface area contributed by atoms with Gasteiger partial charge in [-0.15, -0.1) is 16.9 Å². The Morgan fingerprint density at radius 2 is 2.03 bits per heavy atom. The predicted molar refractivity (Wildman–Crippen MR) is 120 cm³/mol. The third-order valence-corrected chi connectivity index (χ3v) is 7.44. The molecule has 3 heterocycles. The fourth-order valence-electron chi connectivity index (χ4n) is 3.45. The monoisotopic (exact) mass is 505 g/mol. The van der Waals surface area contributed by atoms with Gasteiger partial charge in [-0.25, -0.2) is 4.79 Å². The van der Waals surface area contributed by atoms with E-state index in [2.05, 4.69) is 20.5 Å². The number of aromatic amines is 1. The summed E-state index contributed by atoms with van der Waals surface area (Å²) < 4.78 is 0. The highest BCUT2D eigenvalue weighted by atomic mass is 32.2. The number of carbonyl (C=O) groups excluding carboxylic acids is 3. The summed E-state index contributed by atoms with van der Waals surface area (Å²) >= 11 is 2.43. The van der Waals surface area contributed by atoms with Crippen LogP contribution in [0.5, 0.6) is 5.75 Å². The van der Waals surface area contributed by atoms with Crippen molar-refractivity contribution in [3.63, 3.8) is 0 Å². The minimum Gasteiger partial charge on any atom is -0.508 e. The number of carboxylic acid groups (broad SMARTS) is 1. The summed E-state index contributed by atoms with van der Waals surface area (Å²) in [6, 6.07) is 3.81. The lowest BCUT2D eigenvalue weighted by molar-refractivity contribution is -0.150. The number of hydrogen-bond donors (Lipinski definition) is 6. The van der Waals surface area contributed by atoms with Crippen molar-refractivity contribution < 1.29 is 29.4 Å². The summed E-state index contributed by atoms with van der Waals surface area (Å²) in [5.74, 6) is -2.89. The highest BCUT2D eigenvalue weighted by Crippen LogP contribution is 2.41. The van der Waals surface area contributed by atoms with Gasteiger partial charge in [-0.2, -0.15) is 4.98 Å². The molecule has 2 unspecified atom stereocenters. The van der Waals surface area contributed by atoms with E-state index in [9.17, 15) is 29.4 Å². The van der Waals surface area contributed by atoms with E-state index < -0.39 is 41.1 Å². The van der Waals surface area contributed by atoms with Gasteiger partial charge in [0.1, 0.15) is 28.9 Å². The highest BCUT2D eigenvalue weighted by Gasteiger charge is 2.54. The van der Waals surface area contributed by atoms with Crippen LogP contribution in [0.3, 0.4) is 0 Å². The number of aliphatic carboxylic acids is 1. The summed E-state index contributed by atoms with van der Waals surface area (Å²) in [6.07, 6.45) is 0. The number of phenolic OH excluding ortho intramolecular Hbond substituents is 1. The molecule has 2 aromatic rings. The van der Waals surface area contributed by atoms with E-state index in [1.807, 2.05) is 0 Å². The number of carbonyl (C=O) groups is 4. The third kappa shape index (κ3) is 4.44. The van der Waals surface area contributed by atoms with Crippen molar-refractivity contribution in [1.82, 2.24) is 25.4 Å².